The molecule has 1 aromatic carbocycles. The first kappa shape index (κ1) is 15.9. The average Bonchev–Trinajstić information content (AvgIpc) is 2.45. The number of aliphatic carboxylic acids is 1. The molecule has 10 heteroatoms. The van der Waals surface area contributed by atoms with Gasteiger partial charge in [-0.1, -0.05) is 12.1 Å². The van der Waals surface area contributed by atoms with Crippen molar-refractivity contribution in [1.82, 2.24) is 10.2 Å². The van der Waals surface area contributed by atoms with E-state index in [0.717, 1.165) is 6.07 Å². The topological polar surface area (TPSA) is 150 Å². The Morgan fingerprint density at radius 1 is 1.30 bits per heavy atom. The minimum Gasteiger partial charge on any atom is -0.478 e. The average molecular weight is 321 g/mol. The molecule has 0 aliphatic carbocycles. The zero-order valence-corrected chi connectivity index (χ0v) is 11.7. The molecule has 0 bridgehead atoms. The number of carboxylic acids is 1. The Morgan fingerprint density at radius 2 is 1.91 bits per heavy atom. The third kappa shape index (κ3) is 2.69. The van der Waals surface area contributed by atoms with Crippen LogP contribution in [0.4, 0.5) is 15.3 Å². The fourth-order valence-corrected chi connectivity index (χ4v) is 2.39. The van der Waals surface area contributed by atoms with Crippen LogP contribution in [-0.4, -0.2) is 38.1 Å². The van der Waals surface area contributed by atoms with Gasteiger partial charge in [0.05, 0.1) is 16.1 Å². The monoisotopic (exact) mass is 321 g/mol. The van der Waals surface area contributed by atoms with Gasteiger partial charge in [-0.05, 0) is 13.0 Å². The Morgan fingerprint density at radius 3 is 2.43 bits per heavy atom. The highest BCUT2D eigenvalue weighted by atomic mass is 16.6. The third-order valence-corrected chi connectivity index (χ3v) is 3.31. The predicted octanol–water partition coefficient (Wildman–Crippen LogP) is 1.70. The molecule has 1 aliphatic rings. The van der Waals surface area contributed by atoms with E-state index in [9.17, 15) is 34.7 Å². The molecule has 0 saturated heterocycles. The van der Waals surface area contributed by atoms with Gasteiger partial charge in [-0.3, -0.25) is 10.1 Å². The lowest BCUT2D eigenvalue weighted by Gasteiger charge is -2.33. The Bertz CT molecular complexity index is 756. The quantitative estimate of drug-likeness (QED) is 0.566. The van der Waals surface area contributed by atoms with E-state index in [0.29, 0.717) is 0 Å². The van der Waals surface area contributed by atoms with Crippen molar-refractivity contribution in [2.24, 2.45) is 0 Å². The Labute approximate surface area is 128 Å². The molecule has 120 valence electrons. The number of hydrogen-bond acceptors (Lipinski definition) is 5. The molecular weight excluding hydrogens is 310 g/mol. The molecule has 0 radical (unpaired) electrons. The van der Waals surface area contributed by atoms with Crippen molar-refractivity contribution in [1.29, 1.82) is 0 Å². The lowest BCUT2D eigenvalue weighted by atomic mass is 9.93. The number of urea groups is 1. The van der Waals surface area contributed by atoms with Crippen molar-refractivity contribution in [2.75, 3.05) is 0 Å². The zero-order chi connectivity index (χ0) is 17.3. The molecule has 3 amide bonds. The summed E-state index contributed by atoms with van der Waals surface area (Å²) in [4.78, 5) is 45.4. The number of amides is 3. The van der Waals surface area contributed by atoms with Crippen LogP contribution in [0.1, 0.15) is 18.5 Å². The van der Waals surface area contributed by atoms with E-state index < -0.39 is 40.3 Å². The van der Waals surface area contributed by atoms with Crippen molar-refractivity contribution in [3.8, 4) is 0 Å². The van der Waals surface area contributed by atoms with Crippen molar-refractivity contribution >= 4 is 23.8 Å². The maximum absolute atomic E-state index is 11.9. The van der Waals surface area contributed by atoms with Gasteiger partial charge in [-0.2, -0.15) is 0 Å². The van der Waals surface area contributed by atoms with Gasteiger partial charge in [0.15, 0.2) is 0 Å². The number of carbonyl (C=O) groups is 3. The molecule has 1 heterocycles. The number of rotatable bonds is 3. The highest BCUT2D eigenvalue weighted by molar-refractivity contribution is 5.99. The van der Waals surface area contributed by atoms with Crippen LogP contribution in [0.3, 0.4) is 0 Å². The van der Waals surface area contributed by atoms with E-state index in [1.807, 2.05) is 0 Å². The van der Waals surface area contributed by atoms with Crippen LogP contribution >= 0.6 is 0 Å². The number of para-hydroxylation sites is 1. The fraction of sp³-hybridized carbons (Fsp3) is 0.154. The standard InChI is InChI=1S/C13H11N3O7/c1-6-9(11(17)18)10(15(13(20)21)12(19)14-6)7-4-2-3-5-8(7)16(22)23/h2-5,10H,1H3,(H,14,19)(H,17,18)(H,20,21). The molecule has 0 aromatic heterocycles. The van der Waals surface area contributed by atoms with Gasteiger partial charge in [0.25, 0.3) is 5.69 Å². The largest absolute Gasteiger partial charge is 0.478 e. The van der Waals surface area contributed by atoms with Crippen LogP contribution < -0.4 is 5.32 Å². The maximum Gasteiger partial charge on any atom is 0.416 e. The second-order valence-corrected chi connectivity index (χ2v) is 4.65. The van der Waals surface area contributed by atoms with Crippen molar-refractivity contribution in [2.45, 2.75) is 13.0 Å². The molecule has 2 rings (SSSR count). The first-order valence-electron chi connectivity index (χ1n) is 6.26. The number of nitro benzene ring substituents is 1. The molecule has 0 fully saturated rings. The van der Waals surface area contributed by atoms with Crippen LogP contribution in [0.25, 0.3) is 0 Å². The van der Waals surface area contributed by atoms with Crippen LogP contribution in [0.2, 0.25) is 0 Å². The first-order chi connectivity index (χ1) is 10.8. The summed E-state index contributed by atoms with van der Waals surface area (Å²) in [6.45, 7) is 1.28. The van der Waals surface area contributed by atoms with Crippen molar-refractivity contribution in [3.05, 3.63) is 51.2 Å². The molecule has 1 aromatic rings. The molecule has 1 unspecified atom stereocenters. The van der Waals surface area contributed by atoms with Crippen molar-refractivity contribution in [3.63, 3.8) is 0 Å². The number of benzene rings is 1. The number of imide groups is 1. The molecular formula is C13H11N3O7. The molecule has 0 saturated carbocycles. The number of hydrogen-bond donors (Lipinski definition) is 3. The molecule has 1 atom stereocenters. The summed E-state index contributed by atoms with van der Waals surface area (Å²) in [6.07, 6.45) is -1.73. The molecule has 1 aliphatic heterocycles. The summed E-state index contributed by atoms with van der Waals surface area (Å²) in [6, 6.07) is 2.36. The Kier molecular flexibility index (Phi) is 3.99. The second-order valence-electron chi connectivity index (χ2n) is 4.65. The minimum atomic E-state index is -1.73. The van der Waals surface area contributed by atoms with Crippen molar-refractivity contribution < 1.29 is 29.5 Å². The van der Waals surface area contributed by atoms with E-state index in [1.165, 1.54) is 25.1 Å². The second kappa shape index (κ2) is 5.75. The van der Waals surface area contributed by atoms with Gasteiger partial charge in [-0.15, -0.1) is 0 Å². The summed E-state index contributed by atoms with van der Waals surface area (Å²) in [5, 5.41) is 31.9. The van der Waals surface area contributed by atoms with Crippen LogP contribution in [0.15, 0.2) is 35.5 Å². The van der Waals surface area contributed by atoms with Gasteiger partial charge >= 0.3 is 18.1 Å². The molecule has 23 heavy (non-hydrogen) atoms. The minimum absolute atomic E-state index is 0.0804. The predicted molar refractivity (Wildman–Crippen MR) is 74.6 cm³/mol. The number of nitrogens with zero attached hydrogens (tertiary/aromatic N) is 2. The van der Waals surface area contributed by atoms with E-state index in [2.05, 4.69) is 5.32 Å². The number of allylic oxidation sites excluding steroid dienone is 1. The van der Waals surface area contributed by atoms with E-state index in [-0.39, 0.29) is 16.2 Å². The SMILES string of the molecule is CC1=C(C(=O)O)C(c2ccccc2[N+](=O)[O-])N(C(=O)O)C(=O)N1. The maximum atomic E-state index is 11.9. The number of nitro groups is 1. The van der Waals surface area contributed by atoms with Gasteiger partial charge in [0, 0.05) is 11.8 Å². The lowest BCUT2D eigenvalue weighted by molar-refractivity contribution is -0.385. The van der Waals surface area contributed by atoms with Gasteiger partial charge in [-0.25, -0.2) is 19.3 Å². The molecule has 3 N–H and O–H groups in total. The Hall–Kier alpha value is -3.43. The van der Waals surface area contributed by atoms with E-state index >= 15 is 0 Å². The summed E-state index contributed by atoms with van der Waals surface area (Å²) in [5.74, 6) is -1.49. The van der Waals surface area contributed by atoms with E-state index in [4.69, 9.17) is 0 Å². The number of carboxylic acid groups (broad SMARTS) is 2. The first-order valence-corrected chi connectivity index (χ1v) is 6.26. The normalized spacial score (nSPS) is 17.7. The highest BCUT2D eigenvalue weighted by Gasteiger charge is 2.43. The summed E-state index contributed by atoms with van der Waals surface area (Å²) < 4.78 is 0. The summed E-state index contributed by atoms with van der Waals surface area (Å²) in [5.41, 5.74) is -1.22. The summed E-state index contributed by atoms with van der Waals surface area (Å²) >= 11 is 0. The van der Waals surface area contributed by atoms with E-state index in [1.54, 1.807) is 0 Å². The van der Waals surface area contributed by atoms with Gasteiger partial charge in [0.2, 0.25) is 0 Å². The van der Waals surface area contributed by atoms with Crippen LogP contribution in [0, 0.1) is 10.1 Å². The third-order valence-electron chi connectivity index (χ3n) is 3.31. The number of carbonyl (C=O) groups excluding carboxylic acids is 1. The highest BCUT2D eigenvalue weighted by Crippen LogP contribution is 2.38. The Balaban J connectivity index is 2.78. The fourth-order valence-electron chi connectivity index (χ4n) is 2.39. The zero-order valence-electron chi connectivity index (χ0n) is 11.7. The lowest BCUT2D eigenvalue weighted by Crippen LogP contribution is -2.50. The molecule has 10 nitrogen and oxygen atoms in total. The molecule has 0 spiro atoms. The van der Waals surface area contributed by atoms with Crippen LogP contribution in [0.5, 0.6) is 0 Å². The summed E-state index contributed by atoms with van der Waals surface area (Å²) in [7, 11) is 0. The number of nitrogens with one attached hydrogen (secondary N) is 1. The van der Waals surface area contributed by atoms with Crippen LogP contribution in [-0.2, 0) is 4.79 Å². The van der Waals surface area contributed by atoms with Gasteiger partial charge < -0.3 is 15.5 Å². The van der Waals surface area contributed by atoms with Gasteiger partial charge in [0.1, 0.15) is 6.04 Å². The smallest absolute Gasteiger partial charge is 0.416 e.